The van der Waals surface area contributed by atoms with Crippen molar-refractivity contribution < 1.29 is 43.0 Å². The van der Waals surface area contributed by atoms with Crippen LogP contribution in [0.25, 0.3) is 0 Å². The molecule has 34 heavy (non-hydrogen) atoms. The van der Waals surface area contributed by atoms with Crippen LogP contribution in [0, 0.1) is 0 Å². The molecule has 0 bridgehead atoms. The van der Waals surface area contributed by atoms with Gasteiger partial charge in [0.25, 0.3) is 0 Å². The van der Waals surface area contributed by atoms with Crippen molar-refractivity contribution >= 4 is 19.8 Å². The van der Waals surface area contributed by atoms with Gasteiger partial charge in [0.2, 0.25) is 0 Å². The summed E-state index contributed by atoms with van der Waals surface area (Å²) in [5.41, 5.74) is 0. The highest BCUT2D eigenvalue weighted by Crippen LogP contribution is 2.25. The molecule has 10 heteroatoms. The van der Waals surface area contributed by atoms with Gasteiger partial charge in [-0.3, -0.25) is 9.59 Å². The van der Waals surface area contributed by atoms with Gasteiger partial charge in [-0.15, -0.1) is 0 Å². The fourth-order valence-electron chi connectivity index (χ4n) is 3.46. The molecular formula is C24H45O9P-2. The second-order valence-electron chi connectivity index (χ2n) is 8.71. The molecule has 202 valence electrons. The summed E-state index contributed by atoms with van der Waals surface area (Å²) < 4.78 is 25.0. The van der Waals surface area contributed by atoms with E-state index in [1.54, 1.807) is 0 Å². The lowest BCUT2D eigenvalue weighted by molar-refractivity contribution is -0.343. The number of unbranched alkanes of at least 4 members (excludes halogenated alkanes) is 13. The largest absolute Gasteiger partial charge is 0.790 e. The normalized spacial score (nSPS) is 12.5. The van der Waals surface area contributed by atoms with E-state index >= 15 is 0 Å². The number of rotatable bonds is 24. The first-order valence-corrected chi connectivity index (χ1v) is 14.4. The summed E-state index contributed by atoms with van der Waals surface area (Å²) >= 11 is 0. The number of aliphatic hydroxyl groups excluding tert-OH is 1. The van der Waals surface area contributed by atoms with Gasteiger partial charge in [0, 0.05) is 19.4 Å². The summed E-state index contributed by atoms with van der Waals surface area (Å²) in [6, 6.07) is 0. The van der Waals surface area contributed by atoms with Crippen molar-refractivity contribution in [1.82, 2.24) is 0 Å². The van der Waals surface area contributed by atoms with Gasteiger partial charge in [0.1, 0.15) is 6.61 Å². The molecule has 1 N–H and O–H groups in total. The van der Waals surface area contributed by atoms with Gasteiger partial charge in [-0.05, 0) is 19.3 Å². The lowest BCUT2D eigenvalue weighted by atomic mass is 10.0. The number of phosphoric ester groups is 1. The molecule has 0 aromatic carbocycles. The van der Waals surface area contributed by atoms with Crippen LogP contribution in [0.1, 0.15) is 116 Å². The van der Waals surface area contributed by atoms with Crippen LogP contribution in [0.2, 0.25) is 0 Å². The van der Waals surface area contributed by atoms with Gasteiger partial charge in [0.15, 0.2) is 6.10 Å². The number of aliphatic hydroxyl groups is 1. The highest BCUT2D eigenvalue weighted by molar-refractivity contribution is 7.43. The smallest absolute Gasteiger partial charge is 0.306 e. The monoisotopic (exact) mass is 508 g/mol. The maximum atomic E-state index is 11.9. The Hall–Kier alpha value is -0.990. The molecule has 1 atom stereocenters. The fraction of sp³-hybridized carbons (Fsp3) is 0.917. The number of carbonyl (C=O) groups is 2. The highest BCUT2D eigenvalue weighted by Gasteiger charge is 2.18. The Labute approximate surface area is 205 Å². The predicted molar refractivity (Wildman–Crippen MR) is 126 cm³/mol. The van der Waals surface area contributed by atoms with Gasteiger partial charge >= 0.3 is 11.9 Å². The number of phosphoric acid groups is 1. The molecule has 0 heterocycles. The maximum absolute atomic E-state index is 11.9. The average Bonchev–Trinajstić information content (AvgIpc) is 2.78. The van der Waals surface area contributed by atoms with Crippen molar-refractivity contribution in [2.45, 2.75) is 122 Å². The zero-order chi connectivity index (χ0) is 25.5. The molecule has 0 rings (SSSR count). The van der Waals surface area contributed by atoms with Crippen LogP contribution in [-0.4, -0.2) is 43.0 Å². The minimum atomic E-state index is -5.25. The molecule has 0 unspecified atom stereocenters. The summed E-state index contributed by atoms with van der Waals surface area (Å²) in [5.74, 6) is -1.13. The first kappa shape index (κ1) is 33.0. The predicted octanol–water partition coefficient (Wildman–Crippen LogP) is 3.93. The van der Waals surface area contributed by atoms with Crippen molar-refractivity contribution in [2.24, 2.45) is 0 Å². The van der Waals surface area contributed by atoms with Crippen LogP contribution < -0.4 is 9.79 Å². The summed E-state index contributed by atoms with van der Waals surface area (Å²) in [7, 11) is -5.25. The first-order valence-electron chi connectivity index (χ1n) is 12.9. The number of carbonyl (C=O) groups excluding carboxylic acids is 2. The topological polar surface area (TPSA) is 145 Å². The minimum absolute atomic E-state index is 0.0103. The number of esters is 2. The van der Waals surface area contributed by atoms with Crippen molar-refractivity contribution in [3.8, 4) is 0 Å². The van der Waals surface area contributed by atoms with E-state index in [1.165, 1.54) is 57.8 Å². The molecule has 0 radical (unpaired) electrons. The van der Waals surface area contributed by atoms with Gasteiger partial charge in [-0.2, -0.15) is 0 Å². The third kappa shape index (κ3) is 24.1. The second-order valence-corrected chi connectivity index (χ2v) is 9.86. The van der Waals surface area contributed by atoms with E-state index in [-0.39, 0.29) is 26.1 Å². The molecule has 0 spiro atoms. The van der Waals surface area contributed by atoms with Crippen LogP contribution in [0.5, 0.6) is 0 Å². The van der Waals surface area contributed by atoms with Crippen LogP contribution in [0.15, 0.2) is 0 Å². The Balaban J connectivity index is 3.90. The molecule has 0 fully saturated rings. The first-order chi connectivity index (χ1) is 16.3. The SMILES string of the molecule is CCCCCCCCCCCCCCCC(=O)OC[C@H](COP(=O)([O-])[O-])OC(=O)CCCCO. The van der Waals surface area contributed by atoms with E-state index in [0.717, 1.165) is 19.3 Å². The third-order valence-electron chi connectivity index (χ3n) is 5.42. The Morgan fingerprint density at radius 3 is 1.71 bits per heavy atom. The minimum Gasteiger partial charge on any atom is -0.790 e. The van der Waals surface area contributed by atoms with Gasteiger partial charge in [-0.1, -0.05) is 84.0 Å². The maximum Gasteiger partial charge on any atom is 0.306 e. The average molecular weight is 509 g/mol. The standard InChI is InChI=1S/C24H47O9P/c1-2-3-4-5-6-7-8-9-10-11-12-13-14-17-23(26)31-20-22(21-32-34(28,29)30)33-24(27)18-15-16-19-25/h22,25H,2-21H2,1H3,(H2,28,29,30)/p-2/t22-/m1/s1. The van der Waals surface area contributed by atoms with E-state index in [4.69, 9.17) is 14.6 Å². The summed E-state index contributed by atoms with van der Waals surface area (Å²) in [4.78, 5) is 45.1. The van der Waals surface area contributed by atoms with E-state index in [2.05, 4.69) is 11.4 Å². The molecule has 0 aliphatic carbocycles. The molecule has 0 saturated heterocycles. The Morgan fingerprint density at radius 1 is 0.735 bits per heavy atom. The molecular weight excluding hydrogens is 463 g/mol. The zero-order valence-electron chi connectivity index (χ0n) is 20.9. The number of hydrogen-bond acceptors (Lipinski definition) is 9. The lowest BCUT2D eigenvalue weighted by Crippen LogP contribution is -2.31. The Bertz CT molecular complexity index is 551. The Morgan fingerprint density at radius 2 is 1.21 bits per heavy atom. The Kier molecular flexibility index (Phi) is 21.8. The lowest BCUT2D eigenvalue weighted by Gasteiger charge is -2.30. The van der Waals surface area contributed by atoms with Crippen molar-refractivity contribution in [1.29, 1.82) is 0 Å². The molecule has 0 amide bonds. The molecule has 0 aromatic rings. The van der Waals surface area contributed by atoms with Crippen molar-refractivity contribution in [2.75, 3.05) is 19.8 Å². The van der Waals surface area contributed by atoms with Crippen LogP contribution in [0.3, 0.4) is 0 Å². The number of hydrogen-bond donors (Lipinski definition) is 1. The van der Waals surface area contributed by atoms with Gasteiger partial charge in [-0.25, -0.2) is 0 Å². The fourth-order valence-corrected chi connectivity index (χ4v) is 3.81. The van der Waals surface area contributed by atoms with Gasteiger partial charge < -0.3 is 33.5 Å². The van der Waals surface area contributed by atoms with E-state index < -0.39 is 32.5 Å². The van der Waals surface area contributed by atoms with E-state index in [9.17, 15) is 23.9 Å². The van der Waals surface area contributed by atoms with E-state index in [0.29, 0.717) is 19.3 Å². The molecule has 9 nitrogen and oxygen atoms in total. The molecule has 0 aliphatic rings. The highest BCUT2D eigenvalue weighted by atomic mass is 31.2. The quantitative estimate of drug-likeness (QED) is 0.116. The zero-order valence-corrected chi connectivity index (χ0v) is 21.8. The number of ether oxygens (including phenoxy) is 2. The third-order valence-corrected chi connectivity index (χ3v) is 5.89. The molecule has 0 aromatic heterocycles. The van der Waals surface area contributed by atoms with Crippen molar-refractivity contribution in [3.63, 3.8) is 0 Å². The summed E-state index contributed by atoms with van der Waals surface area (Å²) in [5, 5.41) is 8.74. The van der Waals surface area contributed by atoms with E-state index in [1.807, 2.05) is 0 Å². The van der Waals surface area contributed by atoms with Gasteiger partial charge in [0.05, 0.1) is 14.4 Å². The van der Waals surface area contributed by atoms with Crippen LogP contribution in [-0.2, 0) is 28.2 Å². The van der Waals surface area contributed by atoms with Crippen LogP contribution in [0.4, 0.5) is 0 Å². The second kappa shape index (κ2) is 22.5. The molecule has 0 aliphatic heterocycles. The summed E-state index contributed by atoms with van der Waals surface area (Å²) in [6.07, 6.45) is 15.4. The van der Waals surface area contributed by atoms with Crippen molar-refractivity contribution in [3.05, 3.63) is 0 Å². The molecule has 0 saturated carbocycles. The van der Waals surface area contributed by atoms with Crippen LogP contribution >= 0.6 is 7.82 Å². The summed E-state index contributed by atoms with van der Waals surface area (Å²) in [6.45, 7) is 1.07.